The Hall–Kier alpha value is -2.50. The van der Waals surface area contributed by atoms with Crippen LogP contribution in [0.2, 0.25) is 0 Å². The van der Waals surface area contributed by atoms with Crippen LogP contribution in [0.25, 0.3) is 0 Å². The fraction of sp³-hybridized carbons (Fsp3) is 0.474. The molecule has 1 aliphatic heterocycles. The van der Waals surface area contributed by atoms with Crippen molar-refractivity contribution in [3.8, 4) is 0 Å². The molecular formula is C19H28N6. The molecule has 2 heterocycles. The van der Waals surface area contributed by atoms with Crippen molar-refractivity contribution < 1.29 is 0 Å². The van der Waals surface area contributed by atoms with E-state index in [1.165, 1.54) is 23.2 Å². The first-order chi connectivity index (χ1) is 12.2. The van der Waals surface area contributed by atoms with Crippen LogP contribution in [0, 0.1) is 0 Å². The van der Waals surface area contributed by atoms with Crippen molar-refractivity contribution in [1.29, 1.82) is 0 Å². The molecule has 1 aliphatic rings. The summed E-state index contributed by atoms with van der Waals surface area (Å²) in [6.45, 7) is 5.45. The summed E-state index contributed by atoms with van der Waals surface area (Å²) >= 11 is 0. The number of anilines is 1. The molecule has 25 heavy (non-hydrogen) atoms. The highest BCUT2D eigenvalue weighted by molar-refractivity contribution is 5.79. The number of guanidine groups is 1. The topological polar surface area (TPSA) is 57.5 Å². The van der Waals surface area contributed by atoms with Gasteiger partial charge in [-0.15, -0.1) is 0 Å². The first kappa shape index (κ1) is 17.3. The lowest BCUT2D eigenvalue weighted by Gasteiger charge is -2.27. The van der Waals surface area contributed by atoms with Crippen LogP contribution in [0.15, 0.2) is 35.5 Å². The Balaban J connectivity index is 1.66. The molecule has 0 atom stereocenters. The highest BCUT2D eigenvalue weighted by Crippen LogP contribution is 2.26. The summed E-state index contributed by atoms with van der Waals surface area (Å²) in [4.78, 5) is 7.07. The zero-order valence-electron chi connectivity index (χ0n) is 15.4. The molecule has 0 amide bonds. The van der Waals surface area contributed by atoms with Crippen molar-refractivity contribution >= 4 is 11.6 Å². The summed E-state index contributed by atoms with van der Waals surface area (Å²) in [5, 5.41) is 10.9. The van der Waals surface area contributed by atoms with Crippen LogP contribution in [-0.2, 0) is 26.6 Å². The number of benzene rings is 1. The number of aliphatic imine (C=N–C) groups is 1. The lowest BCUT2D eigenvalue weighted by Crippen LogP contribution is -2.37. The molecular weight excluding hydrogens is 312 g/mol. The Bertz CT molecular complexity index is 733. The van der Waals surface area contributed by atoms with E-state index < -0.39 is 0 Å². The van der Waals surface area contributed by atoms with Crippen molar-refractivity contribution in [1.82, 2.24) is 20.4 Å². The summed E-state index contributed by atoms with van der Waals surface area (Å²) in [6, 6.07) is 8.74. The van der Waals surface area contributed by atoms with Crippen LogP contribution in [0.5, 0.6) is 0 Å². The van der Waals surface area contributed by atoms with E-state index in [0.717, 1.165) is 31.2 Å². The van der Waals surface area contributed by atoms with Gasteiger partial charge in [-0.25, -0.2) is 4.99 Å². The van der Waals surface area contributed by atoms with E-state index in [1.54, 1.807) is 0 Å². The van der Waals surface area contributed by atoms with Gasteiger partial charge in [0.15, 0.2) is 5.96 Å². The van der Waals surface area contributed by atoms with E-state index in [2.05, 4.69) is 52.8 Å². The summed E-state index contributed by atoms with van der Waals surface area (Å²) in [5.74, 6) is 0.832. The molecule has 3 rings (SSSR count). The third-order valence-electron chi connectivity index (χ3n) is 4.62. The summed E-state index contributed by atoms with van der Waals surface area (Å²) in [5.41, 5.74) is 5.18. The largest absolute Gasteiger partial charge is 0.374 e. The van der Waals surface area contributed by atoms with Gasteiger partial charge in [0.05, 0.1) is 18.8 Å². The SMILES string of the molecule is CCNC(=NCc1ccc2c(c1)CCCN2C)NCc1ccnn1C. The van der Waals surface area contributed by atoms with Gasteiger partial charge in [0.2, 0.25) is 0 Å². The van der Waals surface area contributed by atoms with E-state index in [1.807, 2.05) is 24.0 Å². The van der Waals surface area contributed by atoms with Gasteiger partial charge in [0.25, 0.3) is 0 Å². The first-order valence-electron chi connectivity index (χ1n) is 8.99. The Kier molecular flexibility index (Phi) is 5.58. The van der Waals surface area contributed by atoms with Gasteiger partial charge in [0, 0.05) is 39.1 Å². The highest BCUT2D eigenvalue weighted by atomic mass is 15.3. The fourth-order valence-corrected chi connectivity index (χ4v) is 3.20. The Labute approximate surface area is 149 Å². The van der Waals surface area contributed by atoms with E-state index >= 15 is 0 Å². The third-order valence-corrected chi connectivity index (χ3v) is 4.62. The van der Waals surface area contributed by atoms with Crippen LogP contribution in [-0.4, -0.2) is 35.9 Å². The minimum Gasteiger partial charge on any atom is -0.374 e. The molecule has 0 radical (unpaired) electrons. The number of aromatic nitrogens is 2. The molecule has 0 spiro atoms. The smallest absolute Gasteiger partial charge is 0.191 e. The van der Waals surface area contributed by atoms with Crippen molar-refractivity contribution in [3.63, 3.8) is 0 Å². The minimum atomic E-state index is 0.678. The fourth-order valence-electron chi connectivity index (χ4n) is 3.20. The Morgan fingerprint density at radius 2 is 2.12 bits per heavy atom. The lowest BCUT2D eigenvalue weighted by atomic mass is 10.00. The van der Waals surface area contributed by atoms with Gasteiger partial charge >= 0.3 is 0 Å². The zero-order chi connectivity index (χ0) is 17.6. The Morgan fingerprint density at radius 3 is 2.88 bits per heavy atom. The predicted molar refractivity (Wildman–Crippen MR) is 103 cm³/mol. The lowest BCUT2D eigenvalue weighted by molar-refractivity contribution is 0.684. The van der Waals surface area contributed by atoms with E-state index in [9.17, 15) is 0 Å². The highest BCUT2D eigenvalue weighted by Gasteiger charge is 2.13. The predicted octanol–water partition coefficient (Wildman–Crippen LogP) is 2.06. The van der Waals surface area contributed by atoms with Gasteiger partial charge in [-0.1, -0.05) is 12.1 Å². The molecule has 0 saturated carbocycles. The van der Waals surface area contributed by atoms with Gasteiger partial charge in [0.1, 0.15) is 0 Å². The van der Waals surface area contributed by atoms with Crippen LogP contribution in [0.1, 0.15) is 30.2 Å². The van der Waals surface area contributed by atoms with Gasteiger partial charge in [-0.3, -0.25) is 4.68 Å². The minimum absolute atomic E-state index is 0.678. The summed E-state index contributed by atoms with van der Waals surface area (Å²) in [6.07, 6.45) is 4.20. The zero-order valence-corrected chi connectivity index (χ0v) is 15.4. The van der Waals surface area contributed by atoms with Crippen LogP contribution < -0.4 is 15.5 Å². The molecule has 1 aromatic heterocycles. The molecule has 0 saturated heterocycles. The normalized spacial score (nSPS) is 14.4. The van der Waals surface area contributed by atoms with Gasteiger partial charge in [-0.2, -0.15) is 5.10 Å². The molecule has 6 heteroatoms. The maximum absolute atomic E-state index is 4.73. The number of hydrogen-bond acceptors (Lipinski definition) is 3. The van der Waals surface area contributed by atoms with Crippen molar-refractivity contribution in [2.75, 3.05) is 25.0 Å². The summed E-state index contributed by atoms with van der Waals surface area (Å²) in [7, 11) is 4.12. The summed E-state index contributed by atoms with van der Waals surface area (Å²) < 4.78 is 1.87. The molecule has 134 valence electrons. The average Bonchev–Trinajstić information content (AvgIpc) is 3.02. The number of nitrogens with zero attached hydrogens (tertiary/aromatic N) is 4. The van der Waals surface area contributed by atoms with Crippen molar-refractivity contribution in [3.05, 3.63) is 47.3 Å². The third kappa shape index (κ3) is 4.32. The second-order valence-electron chi connectivity index (χ2n) is 6.48. The second kappa shape index (κ2) is 8.05. The molecule has 2 aromatic rings. The number of aryl methyl sites for hydroxylation is 2. The molecule has 0 fully saturated rings. The first-order valence-corrected chi connectivity index (χ1v) is 8.99. The Morgan fingerprint density at radius 1 is 1.24 bits per heavy atom. The van der Waals surface area contributed by atoms with Gasteiger partial charge < -0.3 is 15.5 Å². The molecule has 2 N–H and O–H groups in total. The van der Waals surface area contributed by atoms with Crippen LogP contribution in [0.3, 0.4) is 0 Å². The van der Waals surface area contributed by atoms with E-state index in [4.69, 9.17) is 4.99 Å². The number of nitrogens with one attached hydrogen (secondary N) is 2. The maximum atomic E-state index is 4.73. The average molecular weight is 340 g/mol. The second-order valence-corrected chi connectivity index (χ2v) is 6.48. The number of fused-ring (bicyclic) bond motifs is 1. The van der Waals surface area contributed by atoms with Crippen LogP contribution >= 0.6 is 0 Å². The molecule has 0 bridgehead atoms. The van der Waals surface area contributed by atoms with Crippen LogP contribution in [0.4, 0.5) is 5.69 Å². The van der Waals surface area contributed by atoms with E-state index in [-0.39, 0.29) is 0 Å². The van der Waals surface area contributed by atoms with Gasteiger partial charge in [-0.05, 0) is 43.0 Å². The standard InChI is InChI=1S/C19H28N6/c1-4-20-19(22-14-17-9-10-23-25(17)3)21-13-15-7-8-18-16(12-15)6-5-11-24(18)2/h7-10,12H,4-6,11,13-14H2,1-3H3,(H2,20,21,22). The number of hydrogen-bond donors (Lipinski definition) is 2. The van der Waals surface area contributed by atoms with Crippen molar-refractivity contribution in [2.45, 2.75) is 32.9 Å². The maximum Gasteiger partial charge on any atom is 0.191 e. The monoisotopic (exact) mass is 340 g/mol. The quantitative estimate of drug-likeness (QED) is 0.646. The molecule has 0 unspecified atom stereocenters. The van der Waals surface area contributed by atoms with E-state index in [0.29, 0.717) is 13.1 Å². The van der Waals surface area contributed by atoms with Crippen molar-refractivity contribution in [2.24, 2.45) is 12.0 Å². The molecule has 0 aliphatic carbocycles. The molecule has 6 nitrogen and oxygen atoms in total. The molecule has 1 aromatic carbocycles. The number of rotatable bonds is 5.